The van der Waals surface area contributed by atoms with Crippen LogP contribution >= 0.6 is 0 Å². The van der Waals surface area contributed by atoms with E-state index in [4.69, 9.17) is 9.47 Å². The van der Waals surface area contributed by atoms with E-state index in [-0.39, 0.29) is 0 Å². The second-order valence-electron chi connectivity index (χ2n) is 9.73. The lowest BCUT2D eigenvalue weighted by molar-refractivity contribution is 0.266. The first kappa shape index (κ1) is 28.3. The molecule has 2 aromatic carbocycles. The highest BCUT2D eigenvalue weighted by Gasteiger charge is 2.00. The van der Waals surface area contributed by atoms with E-state index in [0.717, 1.165) is 37.6 Å². The van der Waals surface area contributed by atoms with Crippen molar-refractivity contribution in [1.82, 2.24) is 0 Å². The van der Waals surface area contributed by atoms with Gasteiger partial charge in [-0.1, -0.05) is 102 Å². The first-order valence-corrected chi connectivity index (χ1v) is 14.2. The molecule has 2 nitrogen and oxygen atoms in total. The van der Waals surface area contributed by atoms with Gasteiger partial charge in [-0.15, -0.1) is 0 Å². The van der Waals surface area contributed by atoms with Crippen LogP contribution in [-0.2, 0) is 12.8 Å². The molecule has 0 amide bonds. The van der Waals surface area contributed by atoms with E-state index in [1.807, 2.05) is 0 Å². The number of rotatable bonds is 21. The Balaban J connectivity index is 1.48. The molecular formula is C32H50O2. The highest BCUT2D eigenvalue weighted by Crippen LogP contribution is 2.17. The summed E-state index contributed by atoms with van der Waals surface area (Å²) in [6, 6.07) is 17.4. The van der Waals surface area contributed by atoms with Crippen LogP contribution < -0.4 is 9.47 Å². The van der Waals surface area contributed by atoms with E-state index in [2.05, 4.69) is 62.4 Å². The summed E-state index contributed by atoms with van der Waals surface area (Å²) in [7, 11) is 0. The van der Waals surface area contributed by atoms with Crippen LogP contribution in [0.1, 0.15) is 115 Å². The maximum atomic E-state index is 5.91. The van der Waals surface area contributed by atoms with Crippen LogP contribution in [-0.4, -0.2) is 13.2 Å². The number of ether oxygens (including phenoxy) is 2. The van der Waals surface area contributed by atoms with E-state index in [0.29, 0.717) is 0 Å². The smallest absolute Gasteiger partial charge is 0.119 e. The minimum atomic E-state index is 0.747. The van der Waals surface area contributed by atoms with Gasteiger partial charge >= 0.3 is 0 Å². The van der Waals surface area contributed by atoms with Gasteiger partial charge in [-0.25, -0.2) is 0 Å². The Morgan fingerprint density at radius 2 is 0.765 bits per heavy atom. The van der Waals surface area contributed by atoms with E-state index in [9.17, 15) is 0 Å². The molecule has 0 unspecified atom stereocenters. The third kappa shape index (κ3) is 13.7. The first-order chi connectivity index (χ1) is 16.8. The van der Waals surface area contributed by atoms with Gasteiger partial charge in [-0.05, 0) is 73.9 Å². The van der Waals surface area contributed by atoms with E-state index in [1.165, 1.54) is 101 Å². The highest BCUT2D eigenvalue weighted by molar-refractivity contribution is 5.28. The quantitative estimate of drug-likeness (QED) is 0.170. The number of aryl methyl sites for hydroxylation is 2. The minimum Gasteiger partial charge on any atom is -0.494 e. The Bertz CT molecular complexity index is 641. The normalized spacial score (nSPS) is 11.0. The van der Waals surface area contributed by atoms with Gasteiger partial charge in [0.2, 0.25) is 0 Å². The van der Waals surface area contributed by atoms with E-state index >= 15 is 0 Å². The van der Waals surface area contributed by atoms with Gasteiger partial charge in [0.05, 0.1) is 13.2 Å². The van der Waals surface area contributed by atoms with Crippen molar-refractivity contribution >= 4 is 0 Å². The second-order valence-corrected chi connectivity index (χ2v) is 9.73. The van der Waals surface area contributed by atoms with Crippen molar-refractivity contribution in [2.45, 2.75) is 117 Å². The molecule has 0 N–H and O–H groups in total. The molecule has 0 aliphatic rings. The molecule has 0 saturated heterocycles. The number of hydrogen-bond donors (Lipinski definition) is 0. The van der Waals surface area contributed by atoms with Crippen LogP contribution in [0.25, 0.3) is 0 Å². The van der Waals surface area contributed by atoms with Crippen LogP contribution in [0.4, 0.5) is 0 Å². The Labute approximate surface area is 210 Å². The van der Waals surface area contributed by atoms with Crippen molar-refractivity contribution in [1.29, 1.82) is 0 Å². The summed E-state index contributed by atoms with van der Waals surface area (Å²) in [6.45, 7) is 6.04. The maximum absolute atomic E-state index is 5.91. The molecule has 0 aliphatic heterocycles. The molecule has 0 saturated carbocycles. The molecular weight excluding hydrogens is 416 g/mol. The van der Waals surface area contributed by atoms with Crippen LogP contribution in [0.3, 0.4) is 0 Å². The second kappa shape index (κ2) is 19.4. The Hall–Kier alpha value is -1.96. The van der Waals surface area contributed by atoms with Gasteiger partial charge in [-0.3, -0.25) is 0 Å². The first-order valence-electron chi connectivity index (χ1n) is 14.2. The average molecular weight is 467 g/mol. The van der Waals surface area contributed by atoms with Crippen molar-refractivity contribution in [2.75, 3.05) is 13.2 Å². The van der Waals surface area contributed by atoms with Crippen LogP contribution in [0.15, 0.2) is 48.5 Å². The number of unbranched alkanes of at least 4 members (excludes halogenated alkanes) is 11. The van der Waals surface area contributed by atoms with Crippen molar-refractivity contribution in [3.8, 4) is 11.5 Å². The number of hydrogen-bond acceptors (Lipinski definition) is 2. The van der Waals surface area contributed by atoms with Crippen molar-refractivity contribution in [3.63, 3.8) is 0 Å². The molecule has 0 atom stereocenters. The predicted molar refractivity (Wildman–Crippen MR) is 147 cm³/mol. The maximum Gasteiger partial charge on any atom is 0.119 e. The van der Waals surface area contributed by atoms with Crippen LogP contribution in [0.2, 0.25) is 0 Å². The fourth-order valence-electron chi connectivity index (χ4n) is 4.31. The van der Waals surface area contributed by atoms with Crippen LogP contribution in [0, 0.1) is 0 Å². The molecule has 2 aromatic rings. The topological polar surface area (TPSA) is 18.5 Å². The minimum absolute atomic E-state index is 0.747. The molecule has 2 heteroatoms. The SMILES string of the molecule is CCCCCCCCc1ccc(OCCCCOc2ccc(CCCCCCCC)cc2)cc1. The molecule has 0 aromatic heterocycles. The van der Waals surface area contributed by atoms with Gasteiger partial charge in [0.15, 0.2) is 0 Å². The van der Waals surface area contributed by atoms with Crippen molar-refractivity contribution in [3.05, 3.63) is 59.7 Å². The molecule has 190 valence electrons. The Morgan fingerprint density at radius 3 is 1.15 bits per heavy atom. The van der Waals surface area contributed by atoms with Crippen molar-refractivity contribution < 1.29 is 9.47 Å². The zero-order valence-corrected chi connectivity index (χ0v) is 22.2. The summed E-state index contributed by atoms with van der Waals surface area (Å²) in [6.07, 6.45) is 20.6. The third-order valence-corrected chi connectivity index (χ3v) is 6.56. The highest BCUT2D eigenvalue weighted by atomic mass is 16.5. The lowest BCUT2D eigenvalue weighted by Gasteiger charge is -2.09. The Morgan fingerprint density at radius 1 is 0.412 bits per heavy atom. The van der Waals surface area contributed by atoms with Gasteiger partial charge < -0.3 is 9.47 Å². The average Bonchev–Trinajstić information content (AvgIpc) is 2.87. The van der Waals surface area contributed by atoms with E-state index < -0.39 is 0 Å². The predicted octanol–water partition coefficient (Wildman–Crippen LogP) is 9.73. The molecule has 0 bridgehead atoms. The van der Waals surface area contributed by atoms with Crippen molar-refractivity contribution in [2.24, 2.45) is 0 Å². The summed E-state index contributed by atoms with van der Waals surface area (Å²) in [5.74, 6) is 1.96. The molecule has 2 rings (SSSR count). The lowest BCUT2D eigenvalue weighted by atomic mass is 10.0. The van der Waals surface area contributed by atoms with Gasteiger partial charge in [0, 0.05) is 0 Å². The fourth-order valence-corrected chi connectivity index (χ4v) is 4.31. The van der Waals surface area contributed by atoms with E-state index in [1.54, 1.807) is 0 Å². The molecule has 0 fully saturated rings. The summed E-state index contributed by atoms with van der Waals surface area (Å²) in [5.41, 5.74) is 2.85. The molecule has 0 heterocycles. The van der Waals surface area contributed by atoms with Gasteiger partial charge in [0.25, 0.3) is 0 Å². The molecule has 0 radical (unpaired) electrons. The summed E-state index contributed by atoms with van der Waals surface area (Å²) < 4.78 is 11.8. The summed E-state index contributed by atoms with van der Waals surface area (Å²) in [5, 5.41) is 0. The molecule has 0 spiro atoms. The fraction of sp³-hybridized carbons (Fsp3) is 0.625. The molecule has 34 heavy (non-hydrogen) atoms. The zero-order chi connectivity index (χ0) is 24.1. The largest absolute Gasteiger partial charge is 0.494 e. The third-order valence-electron chi connectivity index (χ3n) is 6.56. The summed E-state index contributed by atoms with van der Waals surface area (Å²) >= 11 is 0. The Kier molecular flexibility index (Phi) is 16.1. The lowest BCUT2D eigenvalue weighted by Crippen LogP contribution is -2.02. The standard InChI is InChI=1S/C32H50O2/c1-3-5-7-9-11-13-17-29-19-23-31(24-20-29)33-27-15-16-28-34-32-25-21-30(22-26-32)18-14-12-10-8-6-4-2/h19-26H,3-18,27-28H2,1-2H3. The monoisotopic (exact) mass is 466 g/mol. The number of benzene rings is 2. The molecule has 0 aliphatic carbocycles. The van der Waals surface area contributed by atoms with Crippen LogP contribution in [0.5, 0.6) is 11.5 Å². The van der Waals surface area contributed by atoms with Gasteiger partial charge in [0.1, 0.15) is 11.5 Å². The summed E-state index contributed by atoms with van der Waals surface area (Å²) in [4.78, 5) is 0. The zero-order valence-electron chi connectivity index (χ0n) is 22.2. The van der Waals surface area contributed by atoms with Gasteiger partial charge in [-0.2, -0.15) is 0 Å².